The van der Waals surface area contributed by atoms with Crippen molar-refractivity contribution in [2.75, 3.05) is 12.3 Å². The van der Waals surface area contributed by atoms with Crippen LogP contribution in [0.5, 0.6) is 17.5 Å². The predicted molar refractivity (Wildman–Crippen MR) is 86.1 cm³/mol. The van der Waals surface area contributed by atoms with Gasteiger partial charge in [-0.15, -0.1) is 0 Å². The molecule has 1 aromatic carbocycles. The Hall–Kier alpha value is -1.50. The van der Waals surface area contributed by atoms with Gasteiger partial charge in [0.15, 0.2) is 0 Å². The van der Waals surface area contributed by atoms with Gasteiger partial charge in [0.25, 0.3) is 0 Å². The van der Waals surface area contributed by atoms with E-state index in [1.165, 1.54) is 12.8 Å². The number of nitrogens with zero attached hydrogens (tertiary/aromatic N) is 1. The summed E-state index contributed by atoms with van der Waals surface area (Å²) in [7, 11) is 0. The van der Waals surface area contributed by atoms with E-state index in [2.05, 4.69) is 27.6 Å². The van der Waals surface area contributed by atoms with Crippen molar-refractivity contribution < 1.29 is 9.47 Å². The zero-order valence-electron chi connectivity index (χ0n) is 10.9. The Labute approximate surface area is 131 Å². The number of nitrogen functional groups attached to an aromatic ring is 1. The standard InChI is InChI=1S/C15H15IN2O2/c16-11-3-5-12(6-4-11)20-14-8-7-13(17)15(18-14)19-9-10-1-2-10/h3-8,10H,1-2,9,17H2. The first-order chi connectivity index (χ1) is 9.70. The molecule has 0 spiro atoms. The highest BCUT2D eigenvalue weighted by atomic mass is 127. The summed E-state index contributed by atoms with van der Waals surface area (Å²) in [6.45, 7) is 0.685. The highest BCUT2D eigenvalue weighted by Crippen LogP contribution is 2.31. The maximum absolute atomic E-state index is 5.87. The summed E-state index contributed by atoms with van der Waals surface area (Å²) in [4.78, 5) is 4.32. The fraction of sp³-hybridized carbons (Fsp3) is 0.267. The third kappa shape index (κ3) is 3.53. The molecule has 1 saturated carbocycles. The van der Waals surface area contributed by atoms with Gasteiger partial charge in [-0.3, -0.25) is 0 Å². The van der Waals surface area contributed by atoms with Gasteiger partial charge in [0.05, 0.1) is 12.3 Å². The van der Waals surface area contributed by atoms with E-state index < -0.39 is 0 Å². The molecule has 1 heterocycles. The van der Waals surface area contributed by atoms with Crippen LogP contribution in [0.15, 0.2) is 36.4 Å². The quantitative estimate of drug-likeness (QED) is 0.799. The number of hydrogen-bond acceptors (Lipinski definition) is 4. The zero-order valence-corrected chi connectivity index (χ0v) is 13.0. The lowest BCUT2D eigenvalue weighted by atomic mass is 10.3. The molecule has 2 aromatic rings. The fourth-order valence-corrected chi connectivity index (χ4v) is 2.07. The Morgan fingerprint density at radius 3 is 2.60 bits per heavy atom. The van der Waals surface area contributed by atoms with Crippen LogP contribution in [0.4, 0.5) is 5.69 Å². The van der Waals surface area contributed by atoms with Crippen molar-refractivity contribution in [3.05, 3.63) is 40.0 Å². The first-order valence-electron chi connectivity index (χ1n) is 6.53. The topological polar surface area (TPSA) is 57.4 Å². The Bertz CT molecular complexity index is 597. The van der Waals surface area contributed by atoms with Crippen molar-refractivity contribution >= 4 is 28.3 Å². The second-order valence-corrected chi connectivity index (χ2v) is 6.10. The molecule has 0 amide bonds. The Morgan fingerprint density at radius 2 is 1.90 bits per heavy atom. The summed E-state index contributed by atoms with van der Waals surface area (Å²) in [6, 6.07) is 11.3. The molecule has 1 aliphatic carbocycles. The van der Waals surface area contributed by atoms with E-state index in [-0.39, 0.29) is 0 Å². The van der Waals surface area contributed by atoms with Crippen LogP contribution >= 0.6 is 22.6 Å². The molecule has 0 unspecified atom stereocenters. The third-order valence-corrected chi connectivity index (χ3v) is 3.77. The molecular weight excluding hydrogens is 367 g/mol. The van der Waals surface area contributed by atoms with E-state index >= 15 is 0 Å². The van der Waals surface area contributed by atoms with Gasteiger partial charge in [0.2, 0.25) is 11.8 Å². The van der Waals surface area contributed by atoms with Gasteiger partial charge in [-0.1, -0.05) is 0 Å². The van der Waals surface area contributed by atoms with Crippen molar-refractivity contribution in [2.45, 2.75) is 12.8 Å². The van der Waals surface area contributed by atoms with Gasteiger partial charge in [-0.05, 0) is 71.7 Å². The summed E-state index contributed by atoms with van der Waals surface area (Å²) in [5.74, 6) is 2.36. The fourth-order valence-electron chi connectivity index (χ4n) is 1.71. The van der Waals surface area contributed by atoms with E-state index in [4.69, 9.17) is 15.2 Å². The van der Waals surface area contributed by atoms with Gasteiger partial charge in [-0.2, -0.15) is 4.98 Å². The van der Waals surface area contributed by atoms with Crippen LogP contribution in [0.1, 0.15) is 12.8 Å². The summed E-state index contributed by atoms with van der Waals surface area (Å²) in [6.07, 6.45) is 2.47. The van der Waals surface area contributed by atoms with Crippen LogP contribution in [-0.4, -0.2) is 11.6 Å². The van der Waals surface area contributed by atoms with E-state index in [0.29, 0.717) is 30.0 Å². The number of aromatic nitrogens is 1. The van der Waals surface area contributed by atoms with Crippen LogP contribution in [0.25, 0.3) is 0 Å². The lowest BCUT2D eigenvalue weighted by molar-refractivity contribution is 0.286. The van der Waals surface area contributed by atoms with E-state index in [9.17, 15) is 0 Å². The maximum atomic E-state index is 5.87. The number of nitrogens with two attached hydrogens (primary N) is 1. The zero-order chi connectivity index (χ0) is 13.9. The van der Waals surface area contributed by atoms with Crippen LogP contribution in [-0.2, 0) is 0 Å². The summed E-state index contributed by atoms with van der Waals surface area (Å²) in [5.41, 5.74) is 6.41. The molecule has 4 nitrogen and oxygen atoms in total. The molecule has 1 aromatic heterocycles. The molecule has 1 fully saturated rings. The van der Waals surface area contributed by atoms with E-state index in [1.54, 1.807) is 12.1 Å². The second kappa shape index (κ2) is 5.87. The molecule has 104 valence electrons. The van der Waals surface area contributed by atoms with Gasteiger partial charge in [-0.25, -0.2) is 0 Å². The molecule has 5 heteroatoms. The van der Waals surface area contributed by atoms with Crippen LogP contribution in [0, 0.1) is 9.49 Å². The number of rotatable bonds is 5. The van der Waals surface area contributed by atoms with Crippen LogP contribution in [0.3, 0.4) is 0 Å². The smallest absolute Gasteiger partial charge is 0.240 e. The number of pyridine rings is 1. The van der Waals surface area contributed by atoms with Gasteiger partial charge in [0, 0.05) is 9.64 Å². The minimum Gasteiger partial charge on any atom is -0.476 e. The maximum Gasteiger partial charge on any atom is 0.240 e. The van der Waals surface area contributed by atoms with Crippen LogP contribution < -0.4 is 15.2 Å². The number of halogens is 1. The van der Waals surface area contributed by atoms with Crippen molar-refractivity contribution in [2.24, 2.45) is 5.92 Å². The number of anilines is 1. The average Bonchev–Trinajstić information content (AvgIpc) is 3.26. The molecule has 0 aliphatic heterocycles. The van der Waals surface area contributed by atoms with Gasteiger partial charge < -0.3 is 15.2 Å². The number of ether oxygens (including phenoxy) is 2. The largest absolute Gasteiger partial charge is 0.476 e. The third-order valence-electron chi connectivity index (χ3n) is 3.05. The molecule has 0 bridgehead atoms. The minimum absolute atomic E-state index is 0.458. The SMILES string of the molecule is Nc1ccc(Oc2ccc(I)cc2)nc1OCC1CC1. The first-order valence-corrected chi connectivity index (χ1v) is 7.61. The molecule has 0 saturated heterocycles. The predicted octanol–water partition coefficient (Wildman–Crippen LogP) is 3.85. The second-order valence-electron chi connectivity index (χ2n) is 4.85. The van der Waals surface area contributed by atoms with Gasteiger partial charge in [0.1, 0.15) is 5.75 Å². The molecule has 0 atom stereocenters. The molecule has 3 rings (SSSR count). The molecule has 0 radical (unpaired) electrons. The molecule has 2 N–H and O–H groups in total. The highest BCUT2D eigenvalue weighted by molar-refractivity contribution is 14.1. The van der Waals surface area contributed by atoms with E-state index in [0.717, 1.165) is 9.32 Å². The molecular formula is C15H15IN2O2. The Kier molecular flexibility index (Phi) is 3.95. The van der Waals surface area contributed by atoms with Crippen molar-refractivity contribution in [3.8, 4) is 17.5 Å². The molecule has 1 aliphatic rings. The van der Waals surface area contributed by atoms with Crippen molar-refractivity contribution in [3.63, 3.8) is 0 Å². The van der Waals surface area contributed by atoms with Crippen molar-refractivity contribution in [1.82, 2.24) is 4.98 Å². The molecule has 20 heavy (non-hydrogen) atoms. The number of hydrogen-bond donors (Lipinski definition) is 1. The average molecular weight is 382 g/mol. The van der Waals surface area contributed by atoms with Crippen molar-refractivity contribution in [1.29, 1.82) is 0 Å². The highest BCUT2D eigenvalue weighted by Gasteiger charge is 2.22. The Morgan fingerprint density at radius 1 is 1.15 bits per heavy atom. The summed E-state index contributed by atoms with van der Waals surface area (Å²) < 4.78 is 12.5. The lowest BCUT2D eigenvalue weighted by Crippen LogP contribution is -2.04. The number of benzene rings is 1. The Balaban J connectivity index is 1.71. The van der Waals surface area contributed by atoms with Crippen LogP contribution in [0.2, 0.25) is 0 Å². The lowest BCUT2D eigenvalue weighted by Gasteiger charge is -2.10. The summed E-state index contributed by atoms with van der Waals surface area (Å²) in [5, 5.41) is 0. The minimum atomic E-state index is 0.458. The summed E-state index contributed by atoms with van der Waals surface area (Å²) >= 11 is 2.25. The monoisotopic (exact) mass is 382 g/mol. The first kappa shape index (κ1) is 13.5. The van der Waals surface area contributed by atoms with E-state index in [1.807, 2.05) is 24.3 Å². The normalized spacial score (nSPS) is 14.1. The van der Waals surface area contributed by atoms with Gasteiger partial charge >= 0.3 is 0 Å².